The Hall–Kier alpha value is -2.33. The smallest absolute Gasteiger partial charge is 0.119 e. The molecule has 23 heavy (non-hydrogen) atoms. The molecule has 0 fully saturated rings. The summed E-state index contributed by atoms with van der Waals surface area (Å²) in [6.07, 6.45) is 0. The molecule has 0 atom stereocenters. The number of anilines is 1. The van der Waals surface area contributed by atoms with Crippen molar-refractivity contribution in [3.63, 3.8) is 0 Å². The molecule has 0 saturated heterocycles. The Morgan fingerprint density at radius 3 is 2.35 bits per heavy atom. The van der Waals surface area contributed by atoms with Gasteiger partial charge in [0.2, 0.25) is 0 Å². The van der Waals surface area contributed by atoms with Crippen molar-refractivity contribution in [2.75, 3.05) is 26.1 Å². The van der Waals surface area contributed by atoms with Gasteiger partial charge in [-0.1, -0.05) is 23.7 Å². The van der Waals surface area contributed by atoms with Crippen LogP contribution in [0.5, 0.6) is 5.75 Å². The number of benzene rings is 2. The van der Waals surface area contributed by atoms with Crippen LogP contribution in [-0.2, 0) is 0 Å². The molecule has 0 spiro atoms. The van der Waals surface area contributed by atoms with Crippen molar-refractivity contribution in [3.05, 3.63) is 58.6 Å². The van der Waals surface area contributed by atoms with Crippen molar-refractivity contribution >= 4 is 28.8 Å². The number of aliphatic imine (C=N–C) groups is 1. The molecule has 2 aromatic carbocycles. The molecular formula is C18H20ClN3O. The molecule has 120 valence electrons. The van der Waals surface area contributed by atoms with Crippen LogP contribution in [0.2, 0.25) is 5.02 Å². The number of nitrogens with one attached hydrogen (secondary N) is 1. The van der Waals surface area contributed by atoms with Gasteiger partial charge in [-0.25, -0.2) is 0 Å². The highest BCUT2D eigenvalue weighted by molar-refractivity contribution is 6.30. The zero-order valence-corrected chi connectivity index (χ0v) is 14.5. The van der Waals surface area contributed by atoms with Gasteiger partial charge in [-0.15, -0.1) is 0 Å². The highest BCUT2D eigenvalue weighted by atomic mass is 35.5. The van der Waals surface area contributed by atoms with Gasteiger partial charge in [0.25, 0.3) is 0 Å². The van der Waals surface area contributed by atoms with Crippen LogP contribution >= 0.6 is 11.6 Å². The molecule has 0 heterocycles. The fourth-order valence-electron chi connectivity index (χ4n) is 2.32. The van der Waals surface area contributed by atoms with Gasteiger partial charge < -0.3 is 9.64 Å². The molecule has 0 saturated carbocycles. The third-order valence-corrected chi connectivity index (χ3v) is 3.92. The Labute approximate surface area is 141 Å². The lowest BCUT2D eigenvalue weighted by Crippen LogP contribution is -2.24. The predicted octanol–water partition coefficient (Wildman–Crippen LogP) is 4.25. The first kappa shape index (κ1) is 17.0. The van der Waals surface area contributed by atoms with Gasteiger partial charge in [0.05, 0.1) is 24.3 Å². The molecule has 0 aromatic heterocycles. The third kappa shape index (κ3) is 3.71. The number of hydrogen-bond acceptors (Lipinski definition) is 3. The molecule has 0 aliphatic rings. The second kappa shape index (κ2) is 7.29. The van der Waals surface area contributed by atoms with Crippen molar-refractivity contribution in [1.29, 1.82) is 5.41 Å². The summed E-state index contributed by atoms with van der Waals surface area (Å²) in [6, 6.07) is 13.3. The van der Waals surface area contributed by atoms with E-state index in [-0.39, 0.29) is 0 Å². The third-order valence-electron chi connectivity index (χ3n) is 3.66. The quantitative estimate of drug-likeness (QED) is 0.673. The fourth-order valence-corrected chi connectivity index (χ4v) is 2.44. The van der Waals surface area contributed by atoms with Gasteiger partial charge in [-0.2, -0.15) is 0 Å². The second-order valence-electron chi connectivity index (χ2n) is 5.11. The highest BCUT2D eigenvalue weighted by Crippen LogP contribution is 2.28. The SMILES string of the molecule is CN=C(c1ccc(Cl)cc1)c1cc(OC)ccc1N(C)C(C)=N. The lowest BCUT2D eigenvalue weighted by atomic mass is 9.99. The van der Waals surface area contributed by atoms with Crippen LogP contribution in [0.25, 0.3) is 0 Å². The van der Waals surface area contributed by atoms with Crippen LogP contribution in [0.3, 0.4) is 0 Å². The van der Waals surface area contributed by atoms with Gasteiger partial charge >= 0.3 is 0 Å². The van der Waals surface area contributed by atoms with Gasteiger partial charge in [-0.05, 0) is 37.3 Å². The number of hydrogen-bond donors (Lipinski definition) is 1. The summed E-state index contributed by atoms with van der Waals surface area (Å²) in [5.74, 6) is 1.19. The average Bonchev–Trinajstić information content (AvgIpc) is 2.56. The minimum absolute atomic E-state index is 0.447. The molecule has 0 aliphatic heterocycles. The summed E-state index contributed by atoms with van der Waals surface area (Å²) in [5, 5.41) is 8.58. The molecule has 2 aromatic rings. The van der Waals surface area contributed by atoms with Crippen molar-refractivity contribution in [2.24, 2.45) is 4.99 Å². The maximum Gasteiger partial charge on any atom is 0.119 e. The van der Waals surface area contributed by atoms with E-state index in [9.17, 15) is 0 Å². The minimum atomic E-state index is 0.447. The van der Waals surface area contributed by atoms with Gasteiger partial charge in [0.1, 0.15) is 5.75 Å². The van der Waals surface area contributed by atoms with Crippen LogP contribution < -0.4 is 9.64 Å². The number of halogens is 1. The van der Waals surface area contributed by atoms with E-state index in [4.69, 9.17) is 21.7 Å². The van der Waals surface area contributed by atoms with Crippen LogP contribution in [0.4, 0.5) is 5.69 Å². The summed E-state index contributed by atoms with van der Waals surface area (Å²) in [7, 11) is 5.25. The van der Waals surface area contributed by atoms with Gasteiger partial charge in [0.15, 0.2) is 0 Å². The van der Waals surface area contributed by atoms with E-state index in [2.05, 4.69) is 4.99 Å². The fraction of sp³-hybridized carbons (Fsp3) is 0.222. The van der Waals surface area contributed by atoms with Crippen molar-refractivity contribution in [1.82, 2.24) is 0 Å². The first-order chi connectivity index (χ1) is 11.0. The Kier molecular flexibility index (Phi) is 5.40. The largest absolute Gasteiger partial charge is 0.497 e. The number of ether oxygens (including phenoxy) is 1. The van der Waals surface area contributed by atoms with E-state index in [1.54, 1.807) is 21.1 Å². The number of rotatable bonds is 4. The van der Waals surface area contributed by atoms with Crippen LogP contribution in [-0.4, -0.2) is 32.8 Å². The number of amidine groups is 1. The summed E-state index contributed by atoms with van der Waals surface area (Å²) in [5.41, 5.74) is 3.59. The molecule has 1 N–H and O–H groups in total. The van der Waals surface area contributed by atoms with E-state index in [1.807, 2.05) is 54.4 Å². The average molecular weight is 330 g/mol. The second-order valence-corrected chi connectivity index (χ2v) is 5.54. The molecule has 2 rings (SSSR count). The van der Waals surface area contributed by atoms with E-state index in [0.29, 0.717) is 10.9 Å². The Bertz CT molecular complexity index is 738. The summed E-state index contributed by atoms with van der Waals surface area (Å²) < 4.78 is 5.35. The first-order valence-corrected chi connectivity index (χ1v) is 7.55. The normalized spacial score (nSPS) is 11.3. The summed E-state index contributed by atoms with van der Waals surface area (Å²) >= 11 is 5.98. The monoisotopic (exact) mass is 329 g/mol. The van der Waals surface area contributed by atoms with Crippen molar-refractivity contribution < 1.29 is 4.74 Å². The Morgan fingerprint density at radius 1 is 1.17 bits per heavy atom. The number of methoxy groups -OCH3 is 1. The topological polar surface area (TPSA) is 48.7 Å². The Balaban J connectivity index is 2.62. The summed E-state index contributed by atoms with van der Waals surface area (Å²) in [4.78, 5) is 6.27. The lowest BCUT2D eigenvalue weighted by Gasteiger charge is -2.22. The van der Waals surface area contributed by atoms with Crippen LogP contribution in [0.1, 0.15) is 18.1 Å². The molecule has 0 amide bonds. The molecule has 4 nitrogen and oxygen atoms in total. The molecule has 0 aliphatic carbocycles. The van der Waals surface area contributed by atoms with E-state index < -0.39 is 0 Å². The van der Waals surface area contributed by atoms with E-state index in [1.165, 1.54) is 0 Å². The van der Waals surface area contributed by atoms with Gasteiger partial charge in [0, 0.05) is 30.2 Å². The van der Waals surface area contributed by atoms with Gasteiger partial charge in [-0.3, -0.25) is 10.4 Å². The molecule has 5 heteroatoms. The zero-order valence-electron chi connectivity index (χ0n) is 13.7. The van der Waals surface area contributed by atoms with E-state index >= 15 is 0 Å². The van der Waals surface area contributed by atoms with Crippen LogP contribution in [0, 0.1) is 5.41 Å². The van der Waals surface area contributed by atoms with Crippen LogP contribution in [0.15, 0.2) is 47.5 Å². The Morgan fingerprint density at radius 2 is 1.83 bits per heavy atom. The zero-order chi connectivity index (χ0) is 17.0. The maximum absolute atomic E-state index is 7.90. The van der Waals surface area contributed by atoms with E-state index in [0.717, 1.165) is 28.3 Å². The molecule has 0 unspecified atom stereocenters. The highest BCUT2D eigenvalue weighted by Gasteiger charge is 2.16. The lowest BCUT2D eigenvalue weighted by molar-refractivity contribution is 0.415. The molecule has 0 radical (unpaired) electrons. The van der Waals surface area contributed by atoms with Crippen molar-refractivity contribution in [2.45, 2.75) is 6.92 Å². The first-order valence-electron chi connectivity index (χ1n) is 7.18. The standard InChI is InChI=1S/C18H20ClN3O/c1-12(20)22(3)17-10-9-15(23-4)11-16(17)18(21-2)13-5-7-14(19)8-6-13/h5-11,20H,1-4H3. The number of nitrogens with zero attached hydrogens (tertiary/aromatic N) is 2. The molecule has 0 bridgehead atoms. The van der Waals surface area contributed by atoms with Crippen molar-refractivity contribution in [3.8, 4) is 5.75 Å². The maximum atomic E-state index is 7.90. The minimum Gasteiger partial charge on any atom is -0.497 e. The summed E-state index contributed by atoms with van der Waals surface area (Å²) in [6.45, 7) is 1.75. The molecular weight excluding hydrogens is 310 g/mol. The predicted molar refractivity (Wildman–Crippen MR) is 97.8 cm³/mol.